The molecule has 1 nitrogen and oxygen atoms in total. The molecule has 2 aromatic carbocycles. The lowest BCUT2D eigenvalue weighted by molar-refractivity contribution is 0.409. The highest BCUT2D eigenvalue weighted by atomic mass is 14.7. The Bertz CT molecular complexity index is 994. The minimum Gasteiger partial charge on any atom is -0.292 e. The Kier molecular flexibility index (Phi) is 12.5. The lowest BCUT2D eigenvalue weighted by Gasteiger charge is -2.16. The Morgan fingerprint density at radius 1 is 0.829 bits per heavy atom. The predicted octanol–water partition coefficient (Wildman–Crippen LogP) is 10.2. The Morgan fingerprint density at radius 2 is 1.37 bits per heavy atom. The first kappa shape index (κ1) is 28.6. The van der Waals surface area contributed by atoms with Gasteiger partial charge in [-0.2, -0.15) is 0 Å². The molecule has 0 fully saturated rings. The molecule has 0 unspecified atom stereocenters. The van der Waals surface area contributed by atoms with Crippen LogP contribution in [0, 0.1) is 19.8 Å². The zero-order valence-corrected chi connectivity index (χ0v) is 23.2. The van der Waals surface area contributed by atoms with Crippen molar-refractivity contribution in [2.75, 3.05) is 6.54 Å². The third-order valence-electron chi connectivity index (χ3n) is 6.91. The summed E-state index contributed by atoms with van der Waals surface area (Å²) in [5, 5.41) is 0. The van der Waals surface area contributed by atoms with Crippen LogP contribution in [0.1, 0.15) is 94.9 Å². The lowest BCUT2D eigenvalue weighted by atomic mass is 9.89. The fourth-order valence-electron chi connectivity index (χ4n) is 4.64. The summed E-state index contributed by atoms with van der Waals surface area (Å²) in [4.78, 5) is 4.92. The fourth-order valence-corrected chi connectivity index (χ4v) is 4.64. The maximum Gasteiger partial charge on any atom is 0.0426 e. The predicted molar refractivity (Wildman–Crippen MR) is 158 cm³/mol. The monoisotopic (exact) mass is 469 g/mol. The normalized spacial score (nSPS) is 12.9. The third kappa shape index (κ3) is 9.48. The molecule has 0 saturated carbocycles. The molecule has 0 aliphatic carbocycles. The van der Waals surface area contributed by atoms with E-state index in [0.717, 1.165) is 25.3 Å². The summed E-state index contributed by atoms with van der Waals surface area (Å²) < 4.78 is 0. The molecule has 0 N–H and O–H groups in total. The average molecular weight is 470 g/mol. The van der Waals surface area contributed by atoms with Crippen LogP contribution in [0.15, 0.2) is 77.3 Å². The van der Waals surface area contributed by atoms with Gasteiger partial charge >= 0.3 is 0 Å². The molecular formula is C34H47N. The summed E-state index contributed by atoms with van der Waals surface area (Å²) in [6, 6.07) is 17.6. The minimum atomic E-state index is 0.788. The maximum atomic E-state index is 4.92. The van der Waals surface area contributed by atoms with Crippen LogP contribution in [0.5, 0.6) is 0 Å². The van der Waals surface area contributed by atoms with E-state index in [4.69, 9.17) is 4.99 Å². The van der Waals surface area contributed by atoms with Gasteiger partial charge in [0.1, 0.15) is 0 Å². The zero-order chi connectivity index (χ0) is 25.6. The summed E-state index contributed by atoms with van der Waals surface area (Å²) in [5.74, 6) is 0.849. The van der Waals surface area contributed by atoms with E-state index in [-0.39, 0.29) is 0 Å². The average Bonchev–Trinajstić information content (AvgIpc) is 2.86. The smallest absolute Gasteiger partial charge is 0.0426 e. The minimum absolute atomic E-state index is 0.788. The third-order valence-corrected chi connectivity index (χ3v) is 6.91. The van der Waals surface area contributed by atoms with Crippen LogP contribution >= 0.6 is 0 Å². The highest BCUT2D eigenvalue weighted by Gasteiger charge is 2.12. The number of rotatable bonds is 14. The number of allylic oxidation sites excluding steroid dienone is 4. The van der Waals surface area contributed by atoms with Crippen LogP contribution in [0.25, 0.3) is 11.1 Å². The van der Waals surface area contributed by atoms with Crippen molar-refractivity contribution in [3.05, 3.63) is 94.6 Å². The summed E-state index contributed by atoms with van der Waals surface area (Å²) in [7, 11) is 0. The van der Waals surface area contributed by atoms with Crippen LogP contribution in [-0.4, -0.2) is 12.8 Å². The first-order valence-corrected chi connectivity index (χ1v) is 13.6. The highest BCUT2D eigenvalue weighted by molar-refractivity contribution is 6.22. The van der Waals surface area contributed by atoms with E-state index < -0.39 is 0 Å². The van der Waals surface area contributed by atoms with Crippen molar-refractivity contribution < 1.29 is 0 Å². The molecule has 0 heterocycles. The number of hydrogen-bond acceptors (Lipinski definition) is 1. The van der Waals surface area contributed by atoms with Gasteiger partial charge < -0.3 is 0 Å². The second-order valence-corrected chi connectivity index (χ2v) is 10.0. The van der Waals surface area contributed by atoms with Crippen LogP contribution in [0.4, 0.5) is 0 Å². The molecule has 0 aromatic heterocycles. The van der Waals surface area contributed by atoms with Crippen molar-refractivity contribution in [2.45, 2.75) is 86.5 Å². The zero-order valence-electron chi connectivity index (χ0n) is 23.2. The summed E-state index contributed by atoms with van der Waals surface area (Å²) in [6.07, 6.45) is 12.9. The van der Waals surface area contributed by atoms with Crippen molar-refractivity contribution in [3.63, 3.8) is 0 Å². The van der Waals surface area contributed by atoms with Gasteiger partial charge in [0.05, 0.1) is 0 Å². The Hall–Kier alpha value is -2.67. The largest absolute Gasteiger partial charge is 0.292 e. The molecule has 188 valence electrons. The van der Waals surface area contributed by atoms with E-state index in [0.29, 0.717) is 0 Å². The second kappa shape index (κ2) is 15.4. The topological polar surface area (TPSA) is 12.4 Å². The molecule has 0 amide bonds. The quantitative estimate of drug-likeness (QED) is 0.113. The van der Waals surface area contributed by atoms with Gasteiger partial charge in [0, 0.05) is 18.3 Å². The number of aryl methyl sites for hydroxylation is 2. The molecule has 35 heavy (non-hydrogen) atoms. The maximum absolute atomic E-state index is 4.92. The Balaban J connectivity index is 2.26. The second-order valence-electron chi connectivity index (χ2n) is 10.0. The van der Waals surface area contributed by atoms with E-state index in [9.17, 15) is 0 Å². The van der Waals surface area contributed by atoms with Gasteiger partial charge in [0.2, 0.25) is 0 Å². The van der Waals surface area contributed by atoms with Gasteiger partial charge in [0.25, 0.3) is 0 Å². The van der Waals surface area contributed by atoms with Gasteiger partial charge in [-0.25, -0.2) is 0 Å². The van der Waals surface area contributed by atoms with Crippen LogP contribution in [0.2, 0.25) is 0 Å². The molecule has 0 atom stereocenters. The number of benzene rings is 2. The molecule has 0 spiro atoms. The summed E-state index contributed by atoms with van der Waals surface area (Å²) in [6.45, 7) is 18.3. The number of aliphatic imine (C=N–C) groups is 1. The lowest BCUT2D eigenvalue weighted by Crippen LogP contribution is -2.01. The Morgan fingerprint density at radius 3 is 1.89 bits per heavy atom. The van der Waals surface area contributed by atoms with E-state index in [1.54, 1.807) is 0 Å². The standard InChI is InChI=1S/C34H47N/c1-8-11-30(12-9-2)18-13-28(6)23-24-35-25-33(31-19-14-26(4)15-20-31)34(29(7)10-3)32-21-16-27(5)17-22-32/h10,14-17,19-22,25,30H,6,8-9,11-13,18,23-24H2,1-5,7H3/b29-10+,34-33-,35-25?. The van der Waals surface area contributed by atoms with Gasteiger partial charge in [0.15, 0.2) is 0 Å². The first-order chi connectivity index (χ1) is 16.9. The van der Waals surface area contributed by atoms with E-state index in [1.165, 1.54) is 76.7 Å². The molecule has 0 aliphatic heterocycles. The van der Waals surface area contributed by atoms with Crippen LogP contribution in [0.3, 0.4) is 0 Å². The number of nitrogens with zero attached hydrogens (tertiary/aromatic N) is 1. The van der Waals surface area contributed by atoms with Gasteiger partial charge in [-0.3, -0.25) is 4.99 Å². The summed E-state index contributed by atoms with van der Waals surface area (Å²) >= 11 is 0. The van der Waals surface area contributed by atoms with E-state index in [2.05, 4.69) is 109 Å². The van der Waals surface area contributed by atoms with Gasteiger partial charge in [-0.05, 0) is 75.1 Å². The van der Waals surface area contributed by atoms with Gasteiger partial charge in [-0.15, -0.1) is 0 Å². The van der Waals surface area contributed by atoms with Crippen molar-refractivity contribution in [1.29, 1.82) is 0 Å². The van der Waals surface area contributed by atoms with Crippen LogP contribution in [-0.2, 0) is 0 Å². The molecule has 0 aliphatic rings. The van der Waals surface area contributed by atoms with Crippen molar-refractivity contribution >= 4 is 17.4 Å². The molecule has 0 radical (unpaired) electrons. The molecule has 2 rings (SSSR count). The highest BCUT2D eigenvalue weighted by Crippen LogP contribution is 2.32. The first-order valence-electron chi connectivity index (χ1n) is 13.6. The molecule has 0 bridgehead atoms. The van der Waals surface area contributed by atoms with Gasteiger partial charge in [-0.1, -0.05) is 117 Å². The molecule has 1 heteroatoms. The van der Waals surface area contributed by atoms with Crippen molar-refractivity contribution in [3.8, 4) is 0 Å². The number of hydrogen-bond donors (Lipinski definition) is 0. The molecule has 0 saturated heterocycles. The van der Waals surface area contributed by atoms with Crippen molar-refractivity contribution in [2.24, 2.45) is 10.9 Å². The molecule has 2 aromatic rings. The SMILES string of the molecule is C=C(CCN=C/C(=C(\C(C)=C\C)c1ccc(C)cc1)c1ccc(C)cc1)CCC(CCC)CCC. The fraction of sp³-hybridized carbons (Fsp3) is 0.441. The van der Waals surface area contributed by atoms with Crippen LogP contribution < -0.4 is 0 Å². The summed E-state index contributed by atoms with van der Waals surface area (Å²) in [5.41, 5.74) is 10.0. The van der Waals surface area contributed by atoms with Crippen molar-refractivity contribution in [1.82, 2.24) is 0 Å². The Labute approximate surface area is 215 Å². The van der Waals surface area contributed by atoms with E-state index in [1.807, 2.05) is 0 Å². The van der Waals surface area contributed by atoms with E-state index >= 15 is 0 Å². The molecular weight excluding hydrogens is 422 g/mol.